The summed E-state index contributed by atoms with van der Waals surface area (Å²) >= 11 is 3.30. The Kier molecular flexibility index (Phi) is 5.39. The first-order valence-electron chi connectivity index (χ1n) is 7.15. The Balaban J connectivity index is 1.96. The minimum Gasteiger partial charge on any atom is -0.483 e. The smallest absolute Gasteiger partial charge is 0.260 e. The number of carbonyl (C=O) groups is 2. The molecule has 0 spiro atoms. The number of ether oxygens (including phenoxy) is 1. The van der Waals surface area contributed by atoms with Crippen molar-refractivity contribution in [2.24, 2.45) is 11.8 Å². The second-order valence-corrected chi connectivity index (χ2v) is 6.75. The third-order valence-corrected chi connectivity index (χ3v) is 4.16. The van der Waals surface area contributed by atoms with Gasteiger partial charge in [0.25, 0.3) is 5.91 Å². The van der Waals surface area contributed by atoms with Crippen molar-refractivity contribution < 1.29 is 14.3 Å². The van der Waals surface area contributed by atoms with Crippen molar-refractivity contribution in [3.63, 3.8) is 0 Å². The van der Waals surface area contributed by atoms with Crippen LogP contribution in [0.4, 0.5) is 0 Å². The molecule has 0 saturated carbocycles. The summed E-state index contributed by atoms with van der Waals surface area (Å²) in [6.45, 7) is 5.87. The number of benzene rings is 1. The van der Waals surface area contributed by atoms with Crippen molar-refractivity contribution in [3.8, 4) is 5.75 Å². The standard InChI is InChI=1S/C16H20BrNO3/c1-11-5-12(2)8-18(7-11)16(20)10-21-15-4-3-14(17)6-13(15)9-19/h3-4,6,9,11-12H,5,7-8,10H2,1-2H3. The van der Waals surface area contributed by atoms with Crippen LogP contribution in [0, 0.1) is 11.8 Å². The lowest BCUT2D eigenvalue weighted by Crippen LogP contribution is -2.44. The molecule has 5 heteroatoms. The zero-order chi connectivity index (χ0) is 15.4. The summed E-state index contributed by atoms with van der Waals surface area (Å²) in [7, 11) is 0. The van der Waals surface area contributed by atoms with Gasteiger partial charge >= 0.3 is 0 Å². The van der Waals surface area contributed by atoms with Crippen LogP contribution in [0.2, 0.25) is 0 Å². The second-order valence-electron chi connectivity index (χ2n) is 5.83. The first-order chi connectivity index (χ1) is 9.99. The van der Waals surface area contributed by atoms with Crippen LogP contribution >= 0.6 is 15.9 Å². The van der Waals surface area contributed by atoms with E-state index in [1.807, 2.05) is 4.90 Å². The molecule has 1 fully saturated rings. The molecule has 4 nitrogen and oxygen atoms in total. The number of aldehydes is 1. The van der Waals surface area contributed by atoms with Crippen molar-refractivity contribution >= 4 is 28.1 Å². The Bertz CT molecular complexity index is 522. The number of nitrogens with zero attached hydrogens (tertiary/aromatic N) is 1. The maximum absolute atomic E-state index is 12.2. The van der Waals surface area contributed by atoms with Gasteiger partial charge < -0.3 is 9.64 Å². The Labute approximate surface area is 133 Å². The molecule has 0 aliphatic carbocycles. The SMILES string of the molecule is CC1CC(C)CN(C(=O)COc2ccc(Br)cc2C=O)C1. The van der Waals surface area contributed by atoms with Gasteiger partial charge in [0.1, 0.15) is 5.75 Å². The summed E-state index contributed by atoms with van der Waals surface area (Å²) in [5.74, 6) is 1.47. The minimum atomic E-state index is -0.0259. The maximum Gasteiger partial charge on any atom is 0.260 e. The Morgan fingerprint density at radius 1 is 1.38 bits per heavy atom. The van der Waals surface area contributed by atoms with Crippen LogP contribution in [0.25, 0.3) is 0 Å². The molecule has 0 radical (unpaired) electrons. The monoisotopic (exact) mass is 353 g/mol. The van der Waals surface area contributed by atoms with E-state index in [4.69, 9.17) is 4.74 Å². The fourth-order valence-corrected chi connectivity index (χ4v) is 3.22. The summed E-state index contributed by atoms with van der Waals surface area (Å²) in [4.78, 5) is 25.1. The predicted molar refractivity (Wildman–Crippen MR) is 84.5 cm³/mol. The van der Waals surface area contributed by atoms with E-state index in [9.17, 15) is 9.59 Å². The lowest BCUT2D eigenvalue weighted by atomic mass is 9.92. The highest BCUT2D eigenvalue weighted by Gasteiger charge is 2.25. The van der Waals surface area contributed by atoms with Crippen LogP contribution in [-0.2, 0) is 4.79 Å². The first-order valence-corrected chi connectivity index (χ1v) is 7.94. The van der Waals surface area contributed by atoms with Crippen LogP contribution in [0.5, 0.6) is 5.75 Å². The van der Waals surface area contributed by atoms with E-state index in [0.717, 1.165) is 30.3 Å². The van der Waals surface area contributed by atoms with E-state index in [2.05, 4.69) is 29.8 Å². The molecule has 114 valence electrons. The van der Waals surface area contributed by atoms with Gasteiger partial charge in [-0.05, 0) is 36.5 Å². The molecule has 1 aromatic carbocycles. The molecule has 2 unspecified atom stereocenters. The molecule has 0 aromatic heterocycles. The molecule has 2 rings (SSSR count). The summed E-state index contributed by atoms with van der Waals surface area (Å²) in [5, 5.41) is 0. The quantitative estimate of drug-likeness (QED) is 0.781. The van der Waals surface area contributed by atoms with Gasteiger partial charge in [-0.1, -0.05) is 29.8 Å². The Hall–Kier alpha value is -1.36. The molecular formula is C16H20BrNO3. The van der Waals surface area contributed by atoms with Crippen LogP contribution in [-0.4, -0.2) is 36.8 Å². The van der Waals surface area contributed by atoms with Crippen molar-refractivity contribution in [2.45, 2.75) is 20.3 Å². The molecule has 1 aliphatic rings. The van der Waals surface area contributed by atoms with E-state index in [1.54, 1.807) is 18.2 Å². The predicted octanol–water partition coefficient (Wildman–Crippen LogP) is 3.14. The van der Waals surface area contributed by atoms with Gasteiger partial charge in [0.15, 0.2) is 12.9 Å². The normalized spacial score (nSPS) is 22.0. The van der Waals surface area contributed by atoms with Crippen LogP contribution < -0.4 is 4.74 Å². The fourth-order valence-electron chi connectivity index (χ4n) is 2.84. The highest BCUT2D eigenvalue weighted by atomic mass is 79.9. The molecule has 1 aromatic rings. The Morgan fingerprint density at radius 2 is 2.05 bits per heavy atom. The largest absolute Gasteiger partial charge is 0.483 e. The lowest BCUT2D eigenvalue weighted by molar-refractivity contribution is -0.136. The minimum absolute atomic E-state index is 0.0202. The van der Waals surface area contributed by atoms with Gasteiger partial charge in [0, 0.05) is 17.6 Å². The number of rotatable bonds is 4. The van der Waals surface area contributed by atoms with E-state index in [0.29, 0.717) is 23.1 Å². The zero-order valence-corrected chi connectivity index (χ0v) is 13.9. The molecule has 21 heavy (non-hydrogen) atoms. The molecule has 1 amide bonds. The molecule has 0 N–H and O–H groups in total. The third kappa shape index (κ3) is 4.30. The second kappa shape index (κ2) is 7.07. The van der Waals surface area contributed by atoms with Crippen molar-refractivity contribution in [1.29, 1.82) is 0 Å². The Morgan fingerprint density at radius 3 is 2.67 bits per heavy atom. The van der Waals surface area contributed by atoms with E-state index >= 15 is 0 Å². The summed E-state index contributed by atoms with van der Waals surface area (Å²) in [6.07, 6.45) is 1.89. The van der Waals surface area contributed by atoms with Gasteiger partial charge in [-0.2, -0.15) is 0 Å². The molecular weight excluding hydrogens is 334 g/mol. The molecule has 1 saturated heterocycles. The molecule has 1 aliphatic heterocycles. The molecule has 1 heterocycles. The van der Waals surface area contributed by atoms with Gasteiger partial charge in [-0.15, -0.1) is 0 Å². The third-order valence-electron chi connectivity index (χ3n) is 3.67. The van der Waals surface area contributed by atoms with Crippen LogP contribution in [0.3, 0.4) is 0 Å². The number of hydrogen-bond donors (Lipinski definition) is 0. The number of likely N-dealkylation sites (tertiary alicyclic amines) is 1. The summed E-state index contributed by atoms with van der Waals surface area (Å²) in [6, 6.07) is 5.16. The highest BCUT2D eigenvalue weighted by molar-refractivity contribution is 9.10. The van der Waals surface area contributed by atoms with Crippen molar-refractivity contribution in [1.82, 2.24) is 4.90 Å². The van der Waals surface area contributed by atoms with Gasteiger partial charge in [-0.25, -0.2) is 0 Å². The summed E-state index contributed by atoms with van der Waals surface area (Å²) in [5.41, 5.74) is 0.442. The number of piperidine rings is 1. The highest BCUT2D eigenvalue weighted by Crippen LogP contribution is 2.23. The average Bonchev–Trinajstić information content (AvgIpc) is 2.44. The van der Waals surface area contributed by atoms with Crippen LogP contribution in [0.15, 0.2) is 22.7 Å². The summed E-state index contributed by atoms with van der Waals surface area (Å²) < 4.78 is 6.33. The van der Waals surface area contributed by atoms with E-state index in [-0.39, 0.29) is 12.5 Å². The first kappa shape index (κ1) is 16.0. The average molecular weight is 354 g/mol. The number of carbonyl (C=O) groups excluding carboxylic acids is 2. The number of hydrogen-bond acceptors (Lipinski definition) is 3. The number of halogens is 1. The van der Waals surface area contributed by atoms with E-state index < -0.39 is 0 Å². The topological polar surface area (TPSA) is 46.6 Å². The maximum atomic E-state index is 12.2. The van der Waals surface area contributed by atoms with Gasteiger partial charge in [-0.3, -0.25) is 9.59 Å². The van der Waals surface area contributed by atoms with Crippen LogP contribution in [0.1, 0.15) is 30.6 Å². The lowest BCUT2D eigenvalue weighted by Gasteiger charge is -2.34. The zero-order valence-electron chi connectivity index (χ0n) is 12.3. The van der Waals surface area contributed by atoms with Crippen molar-refractivity contribution in [2.75, 3.05) is 19.7 Å². The molecule has 0 bridgehead atoms. The van der Waals surface area contributed by atoms with E-state index in [1.165, 1.54) is 0 Å². The fraction of sp³-hybridized carbons (Fsp3) is 0.500. The van der Waals surface area contributed by atoms with Gasteiger partial charge in [0.05, 0.1) is 5.56 Å². The van der Waals surface area contributed by atoms with Crippen molar-refractivity contribution in [3.05, 3.63) is 28.2 Å². The van der Waals surface area contributed by atoms with Gasteiger partial charge in [0.2, 0.25) is 0 Å². The number of amides is 1. The molecule has 2 atom stereocenters.